The molecule has 2 amide bonds. The largest absolute Gasteiger partial charge is 0.426 e. The minimum atomic E-state index is -5.24. The molecule has 1 saturated heterocycles. The molecule has 0 aliphatic carbocycles. The second-order valence-corrected chi connectivity index (χ2v) is 10.6. The van der Waals surface area contributed by atoms with Gasteiger partial charge in [-0.15, -0.1) is 0 Å². The van der Waals surface area contributed by atoms with Crippen LogP contribution in [0.2, 0.25) is 5.02 Å². The van der Waals surface area contributed by atoms with Crippen molar-refractivity contribution in [1.29, 1.82) is 0 Å². The van der Waals surface area contributed by atoms with E-state index >= 15 is 0 Å². The molecule has 0 aromatic heterocycles. The number of hydrogen-bond acceptors (Lipinski definition) is 6. The number of benzene rings is 2. The lowest BCUT2D eigenvalue weighted by molar-refractivity contribution is -0.242. The van der Waals surface area contributed by atoms with Crippen molar-refractivity contribution in [2.45, 2.75) is 28.5 Å². The van der Waals surface area contributed by atoms with E-state index in [0.717, 1.165) is 18.2 Å². The number of carbonyl (C=O) groups is 2. The summed E-state index contributed by atoms with van der Waals surface area (Å²) < 4.78 is 65.4. The van der Waals surface area contributed by atoms with Crippen molar-refractivity contribution >= 4 is 38.9 Å². The topological polar surface area (TPSA) is 107 Å². The minimum absolute atomic E-state index is 0.0215. The first-order valence-electron chi connectivity index (χ1n) is 10.4. The van der Waals surface area contributed by atoms with Crippen LogP contribution in [0.5, 0.6) is 0 Å². The number of carbonyl (C=O) groups excluding carboxylic acids is 2. The molecule has 0 bridgehead atoms. The molecule has 1 aliphatic heterocycles. The van der Waals surface area contributed by atoms with Crippen LogP contribution in [0.15, 0.2) is 52.3 Å². The van der Waals surface area contributed by atoms with E-state index in [1.807, 2.05) is 17.3 Å². The van der Waals surface area contributed by atoms with Crippen molar-refractivity contribution in [3.05, 3.63) is 53.1 Å². The third-order valence-corrected chi connectivity index (χ3v) is 7.81. The fourth-order valence-corrected chi connectivity index (χ4v) is 5.09. The predicted octanol–water partition coefficient (Wildman–Crippen LogP) is 2.81. The van der Waals surface area contributed by atoms with E-state index in [0.29, 0.717) is 26.2 Å². The Kier molecular flexibility index (Phi) is 7.51. The minimum Gasteiger partial charge on any atom is -0.373 e. The highest BCUT2D eigenvalue weighted by molar-refractivity contribution is 7.91. The first-order valence-corrected chi connectivity index (χ1v) is 12.2. The van der Waals surface area contributed by atoms with Crippen LogP contribution in [0.1, 0.15) is 17.3 Å². The molecular weight excluding hydrogens is 511 g/mol. The van der Waals surface area contributed by atoms with Gasteiger partial charge in [0.2, 0.25) is 15.4 Å². The van der Waals surface area contributed by atoms with Crippen molar-refractivity contribution in [2.75, 3.05) is 38.5 Å². The number of hydrogen-bond donors (Lipinski definition) is 2. The van der Waals surface area contributed by atoms with Gasteiger partial charge in [-0.25, -0.2) is 8.42 Å². The number of sulfone groups is 1. The molecule has 0 spiro atoms. The Morgan fingerprint density at radius 3 is 2.23 bits per heavy atom. The molecule has 2 aromatic carbocycles. The van der Waals surface area contributed by atoms with E-state index in [1.54, 1.807) is 11.0 Å². The van der Waals surface area contributed by atoms with Gasteiger partial charge in [0.15, 0.2) is 0 Å². The third-order valence-electron chi connectivity index (χ3n) is 5.69. The Balaban J connectivity index is 1.91. The van der Waals surface area contributed by atoms with Crippen LogP contribution >= 0.6 is 11.6 Å². The van der Waals surface area contributed by atoms with Crippen LogP contribution in [-0.4, -0.2) is 80.1 Å². The lowest BCUT2D eigenvalue weighted by Gasteiger charge is -2.32. The van der Waals surface area contributed by atoms with Gasteiger partial charge in [-0.1, -0.05) is 23.7 Å². The van der Waals surface area contributed by atoms with Gasteiger partial charge in [0.25, 0.3) is 11.8 Å². The summed E-state index contributed by atoms with van der Waals surface area (Å²) in [6, 6.07) is 8.68. The molecule has 1 atom stereocenters. The molecule has 3 rings (SSSR count). The molecule has 35 heavy (non-hydrogen) atoms. The maximum Gasteiger partial charge on any atom is 0.426 e. The molecule has 0 saturated carbocycles. The van der Waals surface area contributed by atoms with Crippen LogP contribution in [0, 0.1) is 0 Å². The smallest absolute Gasteiger partial charge is 0.373 e. The van der Waals surface area contributed by atoms with Crippen molar-refractivity contribution < 1.29 is 36.3 Å². The van der Waals surface area contributed by atoms with E-state index in [9.17, 15) is 36.3 Å². The van der Waals surface area contributed by atoms with Gasteiger partial charge >= 0.3 is 6.18 Å². The maximum atomic E-state index is 13.4. The van der Waals surface area contributed by atoms with Crippen LogP contribution in [0.4, 0.5) is 18.9 Å². The second-order valence-electron chi connectivity index (χ2n) is 8.26. The number of rotatable bonds is 5. The molecule has 2 N–H and O–H groups in total. The number of halogens is 4. The average Bonchev–Trinajstić information content (AvgIpc) is 2.79. The van der Waals surface area contributed by atoms with Gasteiger partial charge in [0.1, 0.15) is 0 Å². The molecule has 2 aromatic rings. The SMILES string of the molecule is CN1CCN(C(=O)c2ccccc2S(=O)(=O)c2ccc(NC(=O)C(C)(O)C(F)(F)F)c(Cl)c2)CC1. The maximum absolute atomic E-state index is 13.4. The first kappa shape index (κ1) is 26.9. The zero-order valence-electron chi connectivity index (χ0n) is 18.8. The lowest BCUT2D eigenvalue weighted by Crippen LogP contribution is -2.52. The summed E-state index contributed by atoms with van der Waals surface area (Å²) in [6.07, 6.45) is -5.24. The van der Waals surface area contributed by atoms with Crippen LogP contribution < -0.4 is 5.32 Å². The van der Waals surface area contributed by atoms with Gasteiger partial charge in [0, 0.05) is 26.2 Å². The van der Waals surface area contributed by atoms with Gasteiger partial charge in [-0.05, 0) is 44.3 Å². The summed E-state index contributed by atoms with van der Waals surface area (Å²) in [5.74, 6) is -2.23. The Bertz CT molecular complexity index is 1240. The molecule has 1 aliphatic rings. The van der Waals surface area contributed by atoms with E-state index in [4.69, 9.17) is 11.6 Å². The van der Waals surface area contributed by atoms with Gasteiger partial charge in [-0.2, -0.15) is 13.2 Å². The summed E-state index contributed by atoms with van der Waals surface area (Å²) in [7, 11) is -2.35. The second kappa shape index (κ2) is 9.76. The van der Waals surface area contributed by atoms with Crippen molar-refractivity contribution in [2.24, 2.45) is 0 Å². The lowest BCUT2D eigenvalue weighted by atomic mass is 10.1. The van der Waals surface area contributed by atoms with Crippen LogP contribution in [0.25, 0.3) is 0 Å². The highest BCUT2D eigenvalue weighted by Crippen LogP contribution is 2.34. The molecule has 1 heterocycles. The van der Waals surface area contributed by atoms with E-state index in [2.05, 4.69) is 0 Å². The number of alkyl halides is 3. The molecule has 8 nitrogen and oxygen atoms in total. The zero-order valence-corrected chi connectivity index (χ0v) is 20.3. The van der Waals surface area contributed by atoms with Gasteiger partial charge < -0.3 is 20.2 Å². The highest BCUT2D eigenvalue weighted by Gasteiger charge is 2.55. The Morgan fingerprint density at radius 1 is 1.06 bits per heavy atom. The number of likely N-dealkylation sites (N-methyl/N-ethyl adjacent to an activating group) is 1. The molecule has 0 radical (unpaired) electrons. The number of nitrogens with one attached hydrogen (secondary N) is 1. The average molecular weight is 534 g/mol. The molecule has 1 fully saturated rings. The Labute approximate surface area is 205 Å². The summed E-state index contributed by atoms with van der Waals surface area (Å²) in [5.41, 5.74) is -4.04. The van der Waals surface area contributed by atoms with E-state index in [1.165, 1.54) is 18.2 Å². The molecule has 1 unspecified atom stereocenters. The van der Waals surface area contributed by atoms with Crippen LogP contribution in [0.3, 0.4) is 0 Å². The van der Waals surface area contributed by atoms with E-state index in [-0.39, 0.29) is 33.0 Å². The summed E-state index contributed by atoms with van der Waals surface area (Å²) in [6.45, 7) is 2.44. The number of amides is 2. The summed E-state index contributed by atoms with van der Waals surface area (Å²) in [4.78, 5) is 28.0. The normalized spacial score (nSPS) is 17.1. The monoisotopic (exact) mass is 533 g/mol. The van der Waals surface area contributed by atoms with E-state index < -0.39 is 33.4 Å². The molecular formula is C22H23ClF3N3O5S. The number of piperazine rings is 1. The Hall–Kier alpha value is -2.67. The molecule has 190 valence electrons. The number of anilines is 1. The quantitative estimate of drug-likeness (QED) is 0.612. The summed E-state index contributed by atoms with van der Waals surface area (Å²) in [5, 5.41) is 11.0. The van der Waals surface area contributed by atoms with Crippen molar-refractivity contribution in [3.63, 3.8) is 0 Å². The molecule has 13 heteroatoms. The summed E-state index contributed by atoms with van der Waals surface area (Å²) >= 11 is 6.05. The first-order chi connectivity index (χ1) is 16.2. The fraction of sp³-hybridized carbons (Fsp3) is 0.364. The third kappa shape index (κ3) is 5.45. The van der Waals surface area contributed by atoms with Crippen molar-refractivity contribution in [3.8, 4) is 0 Å². The van der Waals surface area contributed by atoms with Gasteiger partial charge in [0.05, 0.1) is 26.1 Å². The predicted molar refractivity (Wildman–Crippen MR) is 122 cm³/mol. The standard InChI is InChI=1S/C22H23ClF3N3O5S/c1-21(32,22(24,25)26)20(31)27-17-8-7-14(13-16(17)23)35(33,34)18-6-4-3-5-15(18)19(30)29-11-9-28(2)10-12-29/h3-8,13,32H,9-12H2,1-2H3,(H,27,31). The Morgan fingerprint density at radius 2 is 1.66 bits per heavy atom. The number of nitrogens with zero attached hydrogens (tertiary/aromatic N) is 2. The number of aliphatic hydroxyl groups is 1. The fourth-order valence-electron chi connectivity index (χ4n) is 3.32. The van der Waals surface area contributed by atoms with Crippen molar-refractivity contribution in [1.82, 2.24) is 9.80 Å². The van der Waals surface area contributed by atoms with Crippen LogP contribution in [-0.2, 0) is 14.6 Å². The highest BCUT2D eigenvalue weighted by atomic mass is 35.5. The van der Waals surface area contributed by atoms with Gasteiger partial charge in [-0.3, -0.25) is 9.59 Å². The zero-order chi connectivity index (χ0) is 26.2.